The van der Waals surface area contributed by atoms with Crippen LogP contribution in [-0.2, 0) is 5.41 Å². The molecule has 0 spiro atoms. The lowest BCUT2D eigenvalue weighted by Crippen LogP contribution is -2.33. The molecule has 4 rings (SSSR count). The van der Waals surface area contributed by atoms with E-state index in [1.807, 2.05) is 6.07 Å². The first-order chi connectivity index (χ1) is 13.9. The van der Waals surface area contributed by atoms with E-state index in [4.69, 9.17) is 4.74 Å². The van der Waals surface area contributed by atoms with Gasteiger partial charge in [0.1, 0.15) is 22.0 Å². The van der Waals surface area contributed by atoms with Gasteiger partial charge in [-0.05, 0) is 38.8 Å². The Hall–Kier alpha value is -3.25. The first kappa shape index (κ1) is 19.1. The summed E-state index contributed by atoms with van der Waals surface area (Å²) >= 11 is 1.28. The minimum absolute atomic E-state index is 0.228. The number of ether oxygens (including phenoxy) is 1. The van der Waals surface area contributed by atoms with Crippen molar-refractivity contribution < 1.29 is 9.53 Å². The number of likely N-dealkylation sites (tertiary alicyclic amines) is 1. The van der Waals surface area contributed by atoms with Gasteiger partial charge in [0.05, 0.1) is 12.1 Å². The monoisotopic (exact) mass is 409 g/mol. The summed E-state index contributed by atoms with van der Waals surface area (Å²) in [4.78, 5) is 38.8. The molecule has 1 atom stereocenters. The van der Waals surface area contributed by atoms with E-state index < -0.39 is 11.5 Å². The molecule has 1 saturated heterocycles. The van der Waals surface area contributed by atoms with Crippen LogP contribution >= 0.6 is 11.3 Å². The summed E-state index contributed by atoms with van der Waals surface area (Å²) in [6.45, 7) is 3.94. The number of amides is 1. The lowest BCUT2D eigenvalue weighted by atomic mass is 9.95. The number of carbonyl (C=O) groups excluding carboxylic acids is 1. The molecule has 2 aromatic heterocycles. The maximum absolute atomic E-state index is 12.7. The summed E-state index contributed by atoms with van der Waals surface area (Å²) in [6.07, 6.45) is 1.12. The van der Waals surface area contributed by atoms with Gasteiger partial charge in [-0.2, -0.15) is 5.26 Å². The number of hydrogen-bond acceptors (Lipinski definition) is 7. The van der Waals surface area contributed by atoms with Crippen LogP contribution in [0.25, 0.3) is 10.3 Å². The molecule has 0 radical (unpaired) electrons. The van der Waals surface area contributed by atoms with Gasteiger partial charge in [-0.15, -0.1) is 0 Å². The van der Waals surface area contributed by atoms with Crippen LogP contribution in [0.5, 0.6) is 5.75 Å². The van der Waals surface area contributed by atoms with Crippen molar-refractivity contribution in [1.82, 2.24) is 19.9 Å². The lowest BCUT2D eigenvalue weighted by Gasteiger charge is -2.22. The fourth-order valence-corrected chi connectivity index (χ4v) is 4.32. The molecule has 9 heteroatoms. The second-order valence-corrected chi connectivity index (χ2v) is 8.40. The van der Waals surface area contributed by atoms with Crippen molar-refractivity contribution in [3.63, 3.8) is 0 Å². The van der Waals surface area contributed by atoms with Crippen molar-refractivity contribution in [2.45, 2.75) is 38.1 Å². The molecule has 1 fully saturated rings. The van der Waals surface area contributed by atoms with Crippen molar-refractivity contribution in [2.75, 3.05) is 6.54 Å². The molecule has 3 aromatic rings. The van der Waals surface area contributed by atoms with E-state index >= 15 is 0 Å². The number of nitrogens with zero attached hydrogens (tertiary/aromatic N) is 4. The highest BCUT2D eigenvalue weighted by atomic mass is 32.1. The predicted molar refractivity (Wildman–Crippen MR) is 108 cm³/mol. The smallest absolute Gasteiger partial charge is 0.410 e. The quantitative estimate of drug-likeness (QED) is 0.708. The van der Waals surface area contributed by atoms with E-state index in [1.165, 1.54) is 11.3 Å². The molecule has 1 aromatic carbocycles. The molecule has 148 valence electrons. The molecular weight excluding hydrogens is 390 g/mol. The molecule has 1 aliphatic heterocycles. The Morgan fingerprint density at radius 3 is 2.83 bits per heavy atom. The number of hydrogen-bond donors (Lipinski definition) is 1. The minimum Gasteiger partial charge on any atom is -0.410 e. The second-order valence-electron chi connectivity index (χ2n) is 7.39. The first-order valence-corrected chi connectivity index (χ1v) is 10.1. The van der Waals surface area contributed by atoms with Gasteiger partial charge in [0.25, 0.3) is 5.56 Å². The SMILES string of the molecule is CC(C)(C#N)c1nc2sc(C3CCCN3C(=O)Oc3ccccc3)nc2c(=O)[nH]1. The number of benzene rings is 1. The van der Waals surface area contributed by atoms with Gasteiger partial charge in [0.2, 0.25) is 0 Å². The molecule has 1 amide bonds. The molecule has 29 heavy (non-hydrogen) atoms. The zero-order chi connectivity index (χ0) is 20.6. The van der Waals surface area contributed by atoms with Crippen LogP contribution in [0.1, 0.15) is 43.6 Å². The van der Waals surface area contributed by atoms with E-state index in [2.05, 4.69) is 21.0 Å². The molecule has 0 aliphatic carbocycles. The number of thiazole rings is 1. The Balaban J connectivity index is 1.65. The number of H-pyrrole nitrogens is 1. The number of carbonyl (C=O) groups is 1. The number of para-hydroxylation sites is 1. The fraction of sp³-hybridized carbons (Fsp3) is 0.350. The summed E-state index contributed by atoms with van der Waals surface area (Å²) < 4.78 is 5.47. The summed E-state index contributed by atoms with van der Waals surface area (Å²) in [5.74, 6) is 0.786. The Kier molecular flexibility index (Phi) is 4.80. The van der Waals surface area contributed by atoms with Crippen molar-refractivity contribution in [1.29, 1.82) is 5.26 Å². The number of aromatic amines is 1. The zero-order valence-electron chi connectivity index (χ0n) is 16.0. The molecule has 8 nitrogen and oxygen atoms in total. The minimum atomic E-state index is -0.920. The Morgan fingerprint density at radius 1 is 1.34 bits per heavy atom. The highest BCUT2D eigenvalue weighted by molar-refractivity contribution is 7.18. The normalized spacial score (nSPS) is 16.7. The summed E-state index contributed by atoms with van der Waals surface area (Å²) in [7, 11) is 0. The van der Waals surface area contributed by atoms with Crippen LogP contribution in [0.15, 0.2) is 35.1 Å². The highest BCUT2D eigenvalue weighted by Crippen LogP contribution is 2.36. The van der Waals surface area contributed by atoms with Gasteiger partial charge in [-0.3, -0.25) is 9.69 Å². The molecule has 3 heterocycles. The van der Waals surface area contributed by atoms with Gasteiger partial charge >= 0.3 is 6.09 Å². The van der Waals surface area contributed by atoms with Crippen molar-refractivity contribution in [3.8, 4) is 11.8 Å². The predicted octanol–water partition coefficient (Wildman–Crippen LogP) is 3.52. The maximum Gasteiger partial charge on any atom is 0.415 e. The molecule has 0 saturated carbocycles. The van der Waals surface area contributed by atoms with E-state index in [0.717, 1.165) is 12.8 Å². The Morgan fingerprint density at radius 2 is 2.10 bits per heavy atom. The van der Waals surface area contributed by atoms with Crippen LogP contribution in [0, 0.1) is 11.3 Å². The number of nitrogens with one attached hydrogen (secondary N) is 1. The second kappa shape index (κ2) is 7.29. The van der Waals surface area contributed by atoms with E-state index in [9.17, 15) is 14.9 Å². The van der Waals surface area contributed by atoms with Crippen LogP contribution < -0.4 is 10.3 Å². The average Bonchev–Trinajstić information content (AvgIpc) is 3.35. The number of aromatic nitrogens is 3. The maximum atomic E-state index is 12.7. The van der Waals surface area contributed by atoms with Crippen molar-refractivity contribution >= 4 is 27.8 Å². The standard InChI is InChI=1S/C20H19N5O3S/c1-20(2,11-21)18-23-15(26)14-17(24-18)29-16(22-14)13-9-6-10-25(13)19(27)28-12-7-4-3-5-8-12/h3-5,7-8,13H,6,9-10H2,1-2H3,(H,23,24,26). The van der Waals surface area contributed by atoms with Crippen LogP contribution in [0.3, 0.4) is 0 Å². The molecule has 0 bridgehead atoms. The summed E-state index contributed by atoms with van der Waals surface area (Å²) in [5, 5.41) is 9.97. The Labute approximate surface area is 170 Å². The van der Waals surface area contributed by atoms with Crippen molar-refractivity contribution in [3.05, 3.63) is 51.5 Å². The van der Waals surface area contributed by atoms with Gasteiger partial charge in [-0.25, -0.2) is 14.8 Å². The van der Waals surface area contributed by atoms with Gasteiger partial charge in [-0.1, -0.05) is 29.5 Å². The van der Waals surface area contributed by atoms with Crippen LogP contribution in [0.4, 0.5) is 4.79 Å². The third kappa shape index (κ3) is 3.59. The summed E-state index contributed by atoms with van der Waals surface area (Å²) in [5.41, 5.74) is -1.07. The van der Waals surface area contributed by atoms with Gasteiger partial charge in [0.15, 0.2) is 10.3 Å². The van der Waals surface area contributed by atoms with Gasteiger partial charge in [0, 0.05) is 6.54 Å². The van der Waals surface area contributed by atoms with E-state index in [-0.39, 0.29) is 17.1 Å². The van der Waals surface area contributed by atoms with Crippen LogP contribution in [0.2, 0.25) is 0 Å². The molecule has 1 unspecified atom stereocenters. The van der Waals surface area contributed by atoms with E-state index in [0.29, 0.717) is 28.0 Å². The average molecular weight is 409 g/mol. The molecular formula is C20H19N5O3S. The zero-order valence-corrected chi connectivity index (χ0v) is 16.8. The van der Waals surface area contributed by atoms with Gasteiger partial charge < -0.3 is 9.72 Å². The number of fused-ring (bicyclic) bond motifs is 1. The lowest BCUT2D eigenvalue weighted by molar-refractivity contribution is 0.147. The number of nitriles is 1. The third-order valence-corrected chi connectivity index (χ3v) is 5.93. The summed E-state index contributed by atoms with van der Waals surface area (Å²) in [6, 6.07) is 10.8. The number of rotatable bonds is 3. The molecule has 1 aliphatic rings. The third-order valence-electron chi connectivity index (χ3n) is 4.88. The fourth-order valence-electron chi connectivity index (χ4n) is 3.23. The molecule has 1 N–H and O–H groups in total. The first-order valence-electron chi connectivity index (χ1n) is 9.25. The highest BCUT2D eigenvalue weighted by Gasteiger charge is 2.34. The van der Waals surface area contributed by atoms with Crippen molar-refractivity contribution in [2.24, 2.45) is 0 Å². The topological polar surface area (TPSA) is 112 Å². The Bertz CT molecular complexity index is 1160. The van der Waals surface area contributed by atoms with Crippen LogP contribution in [-0.4, -0.2) is 32.5 Å². The van der Waals surface area contributed by atoms with E-state index in [1.54, 1.807) is 43.0 Å². The largest absolute Gasteiger partial charge is 0.415 e.